The maximum absolute atomic E-state index is 12.7. The van der Waals surface area contributed by atoms with Crippen LogP contribution in [-0.4, -0.2) is 54.9 Å². The number of aromatic nitrogens is 1. The van der Waals surface area contributed by atoms with E-state index in [9.17, 15) is 8.42 Å². The maximum atomic E-state index is 12.7. The molecule has 1 aliphatic rings. The van der Waals surface area contributed by atoms with Crippen LogP contribution in [0.15, 0.2) is 17.2 Å². The van der Waals surface area contributed by atoms with Crippen molar-refractivity contribution in [2.75, 3.05) is 32.7 Å². The molecule has 0 atom stereocenters. The minimum absolute atomic E-state index is 0.332. The van der Waals surface area contributed by atoms with E-state index in [0.29, 0.717) is 23.9 Å². The van der Waals surface area contributed by atoms with Gasteiger partial charge in [-0.1, -0.05) is 13.8 Å². The van der Waals surface area contributed by atoms with E-state index in [4.69, 9.17) is 11.6 Å². The van der Waals surface area contributed by atoms with Crippen molar-refractivity contribution in [2.45, 2.75) is 37.6 Å². The first-order valence-corrected chi connectivity index (χ1v) is 9.47. The summed E-state index contributed by atoms with van der Waals surface area (Å²) in [6.07, 6.45) is 2.68. The normalized spacial score (nSPS) is 18.2. The topological polar surface area (TPSA) is 45.6 Å². The van der Waals surface area contributed by atoms with Gasteiger partial charge in [-0.15, -0.1) is 11.6 Å². The molecule has 2 heterocycles. The summed E-state index contributed by atoms with van der Waals surface area (Å²) >= 11 is 5.92. The molecule has 0 N–H and O–H groups in total. The predicted octanol–water partition coefficient (Wildman–Crippen LogP) is 1.96. The van der Waals surface area contributed by atoms with E-state index in [1.807, 2.05) is 4.57 Å². The molecular formula is C14H24ClN3O2S. The first kappa shape index (κ1) is 16.8. The van der Waals surface area contributed by atoms with Gasteiger partial charge in [0.2, 0.25) is 10.0 Å². The van der Waals surface area contributed by atoms with E-state index < -0.39 is 10.0 Å². The fourth-order valence-corrected chi connectivity index (χ4v) is 4.38. The van der Waals surface area contributed by atoms with Crippen molar-refractivity contribution in [1.82, 2.24) is 13.8 Å². The zero-order chi connectivity index (χ0) is 15.5. The summed E-state index contributed by atoms with van der Waals surface area (Å²) in [7, 11) is -3.40. The third-order valence-corrected chi connectivity index (χ3v) is 6.12. The lowest BCUT2D eigenvalue weighted by atomic mass is 10.4. The lowest BCUT2D eigenvalue weighted by molar-refractivity contribution is 0.196. The number of alkyl halides is 1. The molecule has 0 bridgehead atoms. The van der Waals surface area contributed by atoms with Crippen LogP contribution in [0.5, 0.6) is 0 Å². The highest BCUT2D eigenvalue weighted by atomic mass is 35.5. The van der Waals surface area contributed by atoms with Gasteiger partial charge in [0.15, 0.2) is 0 Å². The Labute approximate surface area is 132 Å². The summed E-state index contributed by atoms with van der Waals surface area (Å²) in [5, 5.41) is 0. The van der Waals surface area contributed by atoms with Crippen molar-refractivity contribution in [2.24, 2.45) is 0 Å². The number of nitrogens with zero attached hydrogens (tertiary/aromatic N) is 3. The van der Waals surface area contributed by atoms with Crippen LogP contribution in [0, 0.1) is 0 Å². The molecule has 120 valence electrons. The molecule has 0 aliphatic carbocycles. The van der Waals surface area contributed by atoms with Crippen molar-refractivity contribution >= 4 is 21.6 Å². The Morgan fingerprint density at radius 3 is 2.38 bits per heavy atom. The van der Waals surface area contributed by atoms with E-state index in [1.165, 1.54) is 0 Å². The highest BCUT2D eigenvalue weighted by Gasteiger charge is 2.29. The Bertz CT molecular complexity index is 563. The van der Waals surface area contributed by atoms with E-state index in [-0.39, 0.29) is 0 Å². The van der Waals surface area contributed by atoms with Crippen LogP contribution in [0.3, 0.4) is 0 Å². The van der Waals surface area contributed by atoms with Crippen molar-refractivity contribution in [3.63, 3.8) is 0 Å². The average molecular weight is 334 g/mol. The van der Waals surface area contributed by atoms with Gasteiger partial charge in [-0.05, 0) is 19.0 Å². The van der Waals surface area contributed by atoms with Crippen LogP contribution < -0.4 is 0 Å². The smallest absolute Gasteiger partial charge is 0.244 e. The molecule has 21 heavy (non-hydrogen) atoms. The van der Waals surface area contributed by atoms with Crippen molar-refractivity contribution < 1.29 is 8.42 Å². The molecule has 0 radical (unpaired) electrons. The van der Waals surface area contributed by atoms with Gasteiger partial charge in [0.05, 0.1) is 5.88 Å². The van der Waals surface area contributed by atoms with Gasteiger partial charge in [0.1, 0.15) is 4.90 Å². The summed E-state index contributed by atoms with van der Waals surface area (Å²) in [6.45, 7) is 8.65. The van der Waals surface area contributed by atoms with Gasteiger partial charge in [0, 0.05) is 44.6 Å². The van der Waals surface area contributed by atoms with Crippen LogP contribution in [0.2, 0.25) is 0 Å². The highest BCUT2D eigenvalue weighted by Crippen LogP contribution is 2.21. The summed E-state index contributed by atoms with van der Waals surface area (Å²) in [5.41, 5.74) is 0.865. The zero-order valence-electron chi connectivity index (χ0n) is 12.8. The molecule has 2 rings (SSSR count). The van der Waals surface area contributed by atoms with Gasteiger partial charge in [-0.25, -0.2) is 8.42 Å². The predicted molar refractivity (Wildman–Crippen MR) is 85.2 cm³/mol. The van der Waals surface area contributed by atoms with Gasteiger partial charge in [0.25, 0.3) is 0 Å². The Kier molecular flexibility index (Phi) is 5.71. The Morgan fingerprint density at radius 2 is 1.86 bits per heavy atom. The lowest BCUT2D eigenvalue weighted by Gasteiger charge is -2.32. The van der Waals surface area contributed by atoms with Gasteiger partial charge in [-0.3, -0.25) is 0 Å². The number of piperazine rings is 1. The van der Waals surface area contributed by atoms with Crippen LogP contribution in [0.25, 0.3) is 0 Å². The van der Waals surface area contributed by atoms with Gasteiger partial charge in [-0.2, -0.15) is 4.31 Å². The number of hydrogen-bond acceptors (Lipinski definition) is 3. The molecular weight excluding hydrogens is 310 g/mol. The third-order valence-electron chi connectivity index (χ3n) is 3.98. The monoisotopic (exact) mass is 333 g/mol. The molecule has 1 fully saturated rings. The fraction of sp³-hybridized carbons (Fsp3) is 0.714. The van der Waals surface area contributed by atoms with Crippen LogP contribution >= 0.6 is 11.6 Å². The van der Waals surface area contributed by atoms with E-state index in [1.54, 1.807) is 16.6 Å². The molecule has 0 spiro atoms. The molecule has 0 saturated carbocycles. The Balaban J connectivity index is 2.20. The standard InChI is InChI=1S/C14H24ClN3O2S/c1-3-5-17-12-14(10-13(17)11-15)21(19,20)18-8-6-16(4-2)7-9-18/h10,12H,3-9,11H2,1-2H3. The van der Waals surface area contributed by atoms with E-state index >= 15 is 0 Å². The number of aryl methyl sites for hydroxylation is 1. The molecule has 7 heteroatoms. The minimum Gasteiger partial charge on any atom is -0.349 e. The van der Waals surface area contributed by atoms with E-state index in [0.717, 1.165) is 38.3 Å². The Morgan fingerprint density at radius 1 is 1.19 bits per heavy atom. The summed E-state index contributed by atoms with van der Waals surface area (Å²) in [4.78, 5) is 2.63. The van der Waals surface area contributed by atoms with Crippen molar-refractivity contribution in [3.8, 4) is 0 Å². The first-order valence-electron chi connectivity index (χ1n) is 7.50. The van der Waals surface area contributed by atoms with E-state index in [2.05, 4.69) is 18.7 Å². The number of hydrogen-bond donors (Lipinski definition) is 0. The van der Waals surface area contributed by atoms with Crippen LogP contribution in [0.4, 0.5) is 0 Å². The van der Waals surface area contributed by atoms with Gasteiger partial charge >= 0.3 is 0 Å². The van der Waals surface area contributed by atoms with Crippen LogP contribution in [-0.2, 0) is 22.4 Å². The average Bonchev–Trinajstić information content (AvgIpc) is 2.91. The quantitative estimate of drug-likeness (QED) is 0.748. The summed E-state index contributed by atoms with van der Waals surface area (Å²) in [5.74, 6) is 0.332. The largest absolute Gasteiger partial charge is 0.349 e. The highest BCUT2D eigenvalue weighted by molar-refractivity contribution is 7.89. The summed E-state index contributed by atoms with van der Waals surface area (Å²) < 4.78 is 29.0. The van der Waals surface area contributed by atoms with Crippen molar-refractivity contribution in [1.29, 1.82) is 0 Å². The van der Waals surface area contributed by atoms with Gasteiger partial charge < -0.3 is 9.47 Å². The summed E-state index contributed by atoms with van der Waals surface area (Å²) in [6, 6.07) is 1.71. The maximum Gasteiger partial charge on any atom is 0.244 e. The fourth-order valence-electron chi connectivity index (χ4n) is 2.66. The number of likely N-dealkylation sites (N-methyl/N-ethyl adjacent to an activating group) is 1. The molecule has 5 nitrogen and oxygen atoms in total. The molecule has 1 aliphatic heterocycles. The molecule has 1 aromatic rings. The zero-order valence-corrected chi connectivity index (χ0v) is 14.3. The number of halogens is 1. The van der Waals surface area contributed by atoms with Crippen LogP contribution in [0.1, 0.15) is 26.0 Å². The second-order valence-electron chi connectivity index (χ2n) is 5.33. The second kappa shape index (κ2) is 7.13. The second-order valence-corrected chi connectivity index (χ2v) is 7.54. The SMILES string of the molecule is CCCn1cc(S(=O)(=O)N2CCN(CC)CC2)cc1CCl. The molecule has 0 unspecified atom stereocenters. The number of sulfonamides is 1. The number of rotatable bonds is 6. The first-order chi connectivity index (χ1) is 10.0. The van der Waals surface area contributed by atoms with Crippen molar-refractivity contribution in [3.05, 3.63) is 18.0 Å². The molecule has 0 amide bonds. The lowest BCUT2D eigenvalue weighted by Crippen LogP contribution is -2.48. The molecule has 0 aromatic carbocycles. The minimum atomic E-state index is -3.40. The Hall–Kier alpha value is -0.560. The molecule has 1 saturated heterocycles. The third kappa shape index (κ3) is 3.62. The molecule has 1 aromatic heterocycles.